The molecule has 0 aliphatic carbocycles. The van der Waals surface area contributed by atoms with Crippen molar-refractivity contribution in [2.45, 2.75) is 4.90 Å². The highest BCUT2D eigenvalue weighted by Gasteiger charge is 2.11. The van der Waals surface area contributed by atoms with E-state index in [1.54, 1.807) is 19.5 Å². The van der Waals surface area contributed by atoms with E-state index in [0.29, 0.717) is 5.69 Å². The number of carboxylic acid groups (broad SMARTS) is 1. The van der Waals surface area contributed by atoms with Crippen molar-refractivity contribution < 1.29 is 9.90 Å². The number of rotatable bonds is 4. The van der Waals surface area contributed by atoms with E-state index in [1.807, 2.05) is 30.3 Å². The molecule has 0 unspecified atom stereocenters. The SMILES string of the molecule is C/N=C/c1cc(SCC(=O)O)c2ccc3cccnc3c2n1. The van der Waals surface area contributed by atoms with Crippen molar-refractivity contribution in [3.63, 3.8) is 0 Å². The van der Waals surface area contributed by atoms with Gasteiger partial charge in [0.15, 0.2) is 0 Å². The second-order valence-electron chi connectivity index (χ2n) is 4.65. The van der Waals surface area contributed by atoms with Crippen LogP contribution in [0.3, 0.4) is 0 Å². The van der Waals surface area contributed by atoms with E-state index in [0.717, 1.165) is 26.7 Å². The van der Waals surface area contributed by atoms with Gasteiger partial charge in [0.05, 0.1) is 22.5 Å². The number of benzene rings is 1. The maximum Gasteiger partial charge on any atom is 0.313 e. The first-order valence-corrected chi connectivity index (χ1v) is 7.63. The number of fused-ring (bicyclic) bond motifs is 3. The summed E-state index contributed by atoms with van der Waals surface area (Å²) in [6, 6.07) is 9.66. The number of carboxylic acids is 1. The third-order valence-corrected chi connectivity index (χ3v) is 4.19. The van der Waals surface area contributed by atoms with Gasteiger partial charge in [0.1, 0.15) is 0 Å². The van der Waals surface area contributed by atoms with Gasteiger partial charge in [0, 0.05) is 35.1 Å². The zero-order valence-electron chi connectivity index (χ0n) is 11.9. The van der Waals surface area contributed by atoms with Crippen LogP contribution in [0.25, 0.3) is 21.8 Å². The first-order valence-electron chi connectivity index (χ1n) is 6.64. The van der Waals surface area contributed by atoms with Gasteiger partial charge in [-0.1, -0.05) is 18.2 Å². The van der Waals surface area contributed by atoms with Gasteiger partial charge in [0.2, 0.25) is 0 Å². The predicted octanol–water partition coefficient (Wildman–Crippen LogP) is 3.01. The van der Waals surface area contributed by atoms with Crippen molar-refractivity contribution in [1.29, 1.82) is 0 Å². The van der Waals surface area contributed by atoms with Crippen LogP contribution in [-0.2, 0) is 4.79 Å². The molecule has 0 bridgehead atoms. The fourth-order valence-electron chi connectivity index (χ4n) is 2.27. The van der Waals surface area contributed by atoms with Crippen LogP contribution in [-0.4, -0.2) is 40.1 Å². The average molecular weight is 311 g/mol. The number of hydrogen-bond donors (Lipinski definition) is 1. The summed E-state index contributed by atoms with van der Waals surface area (Å²) in [4.78, 5) is 24.7. The van der Waals surface area contributed by atoms with Gasteiger partial charge in [-0.25, -0.2) is 4.98 Å². The summed E-state index contributed by atoms with van der Waals surface area (Å²) >= 11 is 1.28. The van der Waals surface area contributed by atoms with Crippen LogP contribution in [0.5, 0.6) is 0 Å². The van der Waals surface area contributed by atoms with E-state index in [-0.39, 0.29) is 5.75 Å². The maximum absolute atomic E-state index is 10.9. The van der Waals surface area contributed by atoms with Gasteiger partial charge >= 0.3 is 5.97 Å². The van der Waals surface area contributed by atoms with Gasteiger partial charge in [-0.05, 0) is 12.1 Å². The molecule has 5 nitrogen and oxygen atoms in total. The molecule has 0 fully saturated rings. The highest BCUT2D eigenvalue weighted by atomic mass is 32.2. The molecule has 0 radical (unpaired) electrons. The van der Waals surface area contributed by atoms with Crippen LogP contribution in [0.4, 0.5) is 0 Å². The van der Waals surface area contributed by atoms with Crippen LogP contribution in [0, 0.1) is 0 Å². The first kappa shape index (κ1) is 14.5. The standard InChI is InChI=1S/C16H13N3O2S/c1-17-8-11-7-13(22-9-14(20)21)12-5-4-10-3-2-6-18-15(10)16(12)19-11/h2-8H,9H2,1H3,(H,20,21)/b17-8+. The van der Waals surface area contributed by atoms with Crippen molar-refractivity contribution in [3.8, 4) is 0 Å². The van der Waals surface area contributed by atoms with Gasteiger partial charge in [-0.15, -0.1) is 11.8 Å². The fraction of sp³-hybridized carbons (Fsp3) is 0.125. The molecule has 3 rings (SSSR count). The molecule has 0 atom stereocenters. The fourth-order valence-corrected chi connectivity index (χ4v) is 3.08. The number of thioether (sulfide) groups is 1. The lowest BCUT2D eigenvalue weighted by Gasteiger charge is -2.08. The molecule has 110 valence electrons. The number of pyridine rings is 2. The molecular weight excluding hydrogens is 298 g/mol. The van der Waals surface area contributed by atoms with Crippen molar-refractivity contribution in [3.05, 3.63) is 42.2 Å². The average Bonchev–Trinajstić information content (AvgIpc) is 2.52. The van der Waals surface area contributed by atoms with E-state index in [1.165, 1.54) is 11.8 Å². The Kier molecular flexibility index (Phi) is 4.02. The number of aliphatic carboxylic acids is 1. The van der Waals surface area contributed by atoms with Crippen molar-refractivity contribution in [2.24, 2.45) is 4.99 Å². The summed E-state index contributed by atoms with van der Waals surface area (Å²) in [7, 11) is 1.68. The molecule has 0 aliphatic heterocycles. The third kappa shape index (κ3) is 2.78. The summed E-state index contributed by atoms with van der Waals surface area (Å²) in [5.41, 5.74) is 2.27. The van der Waals surface area contributed by atoms with E-state index in [2.05, 4.69) is 15.0 Å². The number of aliphatic imine (C=N–C) groups is 1. The van der Waals surface area contributed by atoms with Crippen molar-refractivity contribution in [2.75, 3.05) is 12.8 Å². The smallest absolute Gasteiger partial charge is 0.313 e. The molecule has 1 aromatic carbocycles. The summed E-state index contributed by atoms with van der Waals surface area (Å²) < 4.78 is 0. The second kappa shape index (κ2) is 6.11. The minimum absolute atomic E-state index is 0.00206. The molecule has 0 saturated carbocycles. The lowest BCUT2D eigenvalue weighted by atomic mass is 10.1. The zero-order chi connectivity index (χ0) is 15.5. The largest absolute Gasteiger partial charge is 0.481 e. The third-order valence-electron chi connectivity index (χ3n) is 3.15. The predicted molar refractivity (Wildman–Crippen MR) is 88.9 cm³/mol. The Balaban J connectivity index is 2.28. The molecule has 2 aromatic heterocycles. The Morgan fingerprint density at radius 1 is 1.36 bits per heavy atom. The zero-order valence-corrected chi connectivity index (χ0v) is 12.7. The van der Waals surface area contributed by atoms with Crippen molar-refractivity contribution in [1.82, 2.24) is 9.97 Å². The summed E-state index contributed by atoms with van der Waals surface area (Å²) in [5.74, 6) is -0.846. The van der Waals surface area contributed by atoms with E-state index in [9.17, 15) is 4.79 Å². The molecular formula is C16H13N3O2S. The van der Waals surface area contributed by atoms with Crippen LogP contribution >= 0.6 is 11.8 Å². The molecule has 0 spiro atoms. The normalized spacial score (nSPS) is 11.5. The van der Waals surface area contributed by atoms with E-state index < -0.39 is 5.97 Å². The van der Waals surface area contributed by atoms with E-state index in [4.69, 9.17) is 5.11 Å². The Labute approximate surface area is 131 Å². The molecule has 6 heteroatoms. The first-order chi connectivity index (χ1) is 10.7. The highest BCUT2D eigenvalue weighted by molar-refractivity contribution is 8.00. The van der Waals surface area contributed by atoms with Crippen LogP contribution < -0.4 is 0 Å². The number of hydrogen-bond acceptors (Lipinski definition) is 5. The molecule has 0 amide bonds. The lowest BCUT2D eigenvalue weighted by Crippen LogP contribution is -1.99. The molecule has 0 saturated heterocycles. The Bertz CT molecular complexity index is 893. The summed E-state index contributed by atoms with van der Waals surface area (Å²) in [6.07, 6.45) is 3.39. The van der Waals surface area contributed by atoms with Gasteiger partial charge in [-0.2, -0.15) is 0 Å². The Hall–Kier alpha value is -2.47. The quantitative estimate of drug-likeness (QED) is 0.455. The minimum atomic E-state index is -0.848. The number of nitrogens with zero attached hydrogens (tertiary/aromatic N) is 3. The molecule has 2 heterocycles. The van der Waals surface area contributed by atoms with E-state index >= 15 is 0 Å². The molecule has 3 aromatic rings. The summed E-state index contributed by atoms with van der Waals surface area (Å²) in [6.45, 7) is 0. The molecule has 1 N–H and O–H groups in total. The van der Waals surface area contributed by atoms with Gasteiger partial charge < -0.3 is 5.11 Å². The van der Waals surface area contributed by atoms with Crippen LogP contribution in [0.2, 0.25) is 0 Å². The lowest BCUT2D eigenvalue weighted by molar-refractivity contribution is -0.133. The van der Waals surface area contributed by atoms with Gasteiger partial charge in [0.25, 0.3) is 0 Å². The van der Waals surface area contributed by atoms with Crippen molar-refractivity contribution >= 4 is 45.8 Å². The second-order valence-corrected chi connectivity index (χ2v) is 5.67. The topological polar surface area (TPSA) is 75.4 Å². The monoisotopic (exact) mass is 311 g/mol. The summed E-state index contributed by atoms with van der Waals surface area (Å²) in [5, 5.41) is 10.8. The van der Waals surface area contributed by atoms with Crippen LogP contribution in [0.1, 0.15) is 5.69 Å². The van der Waals surface area contributed by atoms with Crippen LogP contribution in [0.15, 0.2) is 46.4 Å². The van der Waals surface area contributed by atoms with Gasteiger partial charge in [-0.3, -0.25) is 14.8 Å². The highest BCUT2D eigenvalue weighted by Crippen LogP contribution is 2.31. The number of aromatic nitrogens is 2. The maximum atomic E-state index is 10.9. The minimum Gasteiger partial charge on any atom is -0.481 e. The number of carbonyl (C=O) groups is 1. The molecule has 0 aliphatic rings. The Morgan fingerprint density at radius 3 is 3.00 bits per heavy atom. The molecule has 22 heavy (non-hydrogen) atoms. The Morgan fingerprint density at radius 2 is 2.23 bits per heavy atom.